The van der Waals surface area contributed by atoms with Crippen LogP contribution < -0.4 is 5.32 Å². The number of anilines is 1. The molecule has 3 heteroatoms. The first-order valence-corrected chi connectivity index (χ1v) is 4.93. The first-order valence-electron chi connectivity index (χ1n) is 4.93. The Morgan fingerprint density at radius 2 is 2.29 bits per heavy atom. The standard InChI is InChI=1S/C11H15N3/c1-8(2)6-12-9-3-4-10-11(5-9)14-7-13-10/h3-5,7-8,12H,6H2,1-2H3,(H,13,14). The van der Waals surface area contributed by atoms with Crippen LogP contribution in [0.3, 0.4) is 0 Å². The number of imidazole rings is 1. The maximum atomic E-state index is 4.21. The molecule has 74 valence electrons. The van der Waals surface area contributed by atoms with Crippen molar-refractivity contribution in [3.63, 3.8) is 0 Å². The summed E-state index contributed by atoms with van der Waals surface area (Å²) in [6, 6.07) is 6.18. The fourth-order valence-corrected chi connectivity index (χ4v) is 1.36. The summed E-state index contributed by atoms with van der Waals surface area (Å²) in [5.74, 6) is 0.657. The molecule has 0 aliphatic heterocycles. The van der Waals surface area contributed by atoms with Gasteiger partial charge >= 0.3 is 0 Å². The molecule has 0 aliphatic rings. The molecule has 0 fully saturated rings. The molecule has 0 spiro atoms. The van der Waals surface area contributed by atoms with Gasteiger partial charge in [-0.05, 0) is 24.1 Å². The number of fused-ring (bicyclic) bond motifs is 1. The Bertz CT molecular complexity index is 417. The lowest BCUT2D eigenvalue weighted by Crippen LogP contribution is -2.07. The van der Waals surface area contributed by atoms with Crippen LogP contribution in [0.5, 0.6) is 0 Å². The number of nitrogens with zero attached hydrogens (tertiary/aromatic N) is 1. The van der Waals surface area contributed by atoms with Crippen LogP contribution in [0, 0.1) is 5.92 Å². The highest BCUT2D eigenvalue weighted by atomic mass is 14.9. The van der Waals surface area contributed by atoms with E-state index in [1.54, 1.807) is 6.33 Å². The molecule has 0 atom stereocenters. The molecule has 0 radical (unpaired) electrons. The van der Waals surface area contributed by atoms with E-state index in [-0.39, 0.29) is 0 Å². The van der Waals surface area contributed by atoms with Gasteiger partial charge in [0.1, 0.15) is 0 Å². The molecular formula is C11H15N3. The number of H-pyrrole nitrogens is 1. The van der Waals surface area contributed by atoms with Crippen LogP contribution in [-0.2, 0) is 0 Å². The maximum Gasteiger partial charge on any atom is 0.0931 e. The van der Waals surface area contributed by atoms with Crippen LogP contribution in [0.25, 0.3) is 11.0 Å². The summed E-state index contributed by atoms with van der Waals surface area (Å²) in [7, 11) is 0. The summed E-state index contributed by atoms with van der Waals surface area (Å²) in [6.45, 7) is 5.38. The minimum atomic E-state index is 0.657. The molecular weight excluding hydrogens is 174 g/mol. The predicted octanol–water partition coefficient (Wildman–Crippen LogP) is 2.63. The van der Waals surface area contributed by atoms with Gasteiger partial charge in [-0.25, -0.2) is 4.98 Å². The van der Waals surface area contributed by atoms with Crippen LogP contribution in [0.4, 0.5) is 5.69 Å². The number of hydrogen-bond donors (Lipinski definition) is 2. The molecule has 0 unspecified atom stereocenters. The zero-order chi connectivity index (χ0) is 9.97. The van der Waals surface area contributed by atoms with Crippen molar-refractivity contribution in [2.45, 2.75) is 13.8 Å². The Morgan fingerprint density at radius 1 is 1.43 bits per heavy atom. The molecule has 0 saturated carbocycles. The van der Waals surface area contributed by atoms with Gasteiger partial charge in [0.25, 0.3) is 0 Å². The summed E-state index contributed by atoms with van der Waals surface area (Å²) in [5.41, 5.74) is 3.23. The van der Waals surface area contributed by atoms with Crippen LogP contribution in [-0.4, -0.2) is 16.5 Å². The van der Waals surface area contributed by atoms with Crippen LogP contribution in [0.2, 0.25) is 0 Å². The number of aromatic amines is 1. The number of nitrogens with one attached hydrogen (secondary N) is 2. The van der Waals surface area contributed by atoms with E-state index >= 15 is 0 Å². The molecule has 0 saturated heterocycles. The normalized spacial score (nSPS) is 11.1. The first kappa shape index (κ1) is 9.06. The molecule has 1 aromatic heterocycles. The van der Waals surface area contributed by atoms with Crippen molar-refractivity contribution in [2.75, 3.05) is 11.9 Å². The van der Waals surface area contributed by atoms with Crippen molar-refractivity contribution in [2.24, 2.45) is 5.92 Å². The predicted molar refractivity (Wildman–Crippen MR) is 59.4 cm³/mol. The van der Waals surface area contributed by atoms with E-state index in [4.69, 9.17) is 0 Å². The van der Waals surface area contributed by atoms with Crippen molar-refractivity contribution in [1.82, 2.24) is 9.97 Å². The highest BCUT2D eigenvalue weighted by molar-refractivity contribution is 5.78. The van der Waals surface area contributed by atoms with E-state index < -0.39 is 0 Å². The van der Waals surface area contributed by atoms with E-state index in [0.717, 1.165) is 23.3 Å². The molecule has 1 heterocycles. The van der Waals surface area contributed by atoms with Crippen molar-refractivity contribution >= 4 is 16.7 Å². The zero-order valence-corrected chi connectivity index (χ0v) is 8.54. The number of rotatable bonds is 3. The lowest BCUT2D eigenvalue weighted by Gasteiger charge is -2.08. The third-order valence-corrected chi connectivity index (χ3v) is 2.14. The Morgan fingerprint density at radius 3 is 3.07 bits per heavy atom. The van der Waals surface area contributed by atoms with E-state index in [2.05, 4.69) is 41.3 Å². The largest absolute Gasteiger partial charge is 0.385 e. The van der Waals surface area contributed by atoms with Crippen molar-refractivity contribution in [3.05, 3.63) is 24.5 Å². The maximum absolute atomic E-state index is 4.21. The van der Waals surface area contributed by atoms with Gasteiger partial charge in [0.05, 0.1) is 17.4 Å². The van der Waals surface area contributed by atoms with Gasteiger partial charge in [-0.2, -0.15) is 0 Å². The summed E-state index contributed by atoms with van der Waals surface area (Å²) >= 11 is 0. The fourth-order valence-electron chi connectivity index (χ4n) is 1.36. The molecule has 14 heavy (non-hydrogen) atoms. The molecule has 1 aromatic carbocycles. The van der Waals surface area contributed by atoms with Crippen LogP contribution >= 0.6 is 0 Å². The minimum Gasteiger partial charge on any atom is -0.385 e. The number of benzene rings is 1. The zero-order valence-electron chi connectivity index (χ0n) is 8.54. The number of aromatic nitrogens is 2. The Kier molecular flexibility index (Phi) is 2.39. The third kappa shape index (κ3) is 1.87. The van der Waals surface area contributed by atoms with Gasteiger partial charge in [-0.1, -0.05) is 13.8 Å². The average Bonchev–Trinajstić information content (AvgIpc) is 2.61. The Hall–Kier alpha value is -1.51. The molecule has 2 rings (SSSR count). The van der Waals surface area contributed by atoms with Gasteiger partial charge in [0.2, 0.25) is 0 Å². The van der Waals surface area contributed by atoms with Crippen molar-refractivity contribution in [1.29, 1.82) is 0 Å². The lowest BCUT2D eigenvalue weighted by molar-refractivity contribution is 0.689. The summed E-state index contributed by atoms with van der Waals surface area (Å²) in [5, 5.41) is 3.37. The Balaban J connectivity index is 2.17. The second-order valence-electron chi connectivity index (χ2n) is 3.91. The monoisotopic (exact) mass is 189 g/mol. The van der Waals surface area contributed by atoms with E-state index in [1.165, 1.54) is 0 Å². The Labute approximate surface area is 83.6 Å². The second kappa shape index (κ2) is 3.70. The lowest BCUT2D eigenvalue weighted by atomic mass is 10.2. The van der Waals surface area contributed by atoms with Crippen molar-refractivity contribution in [3.8, 4) is 0 Å². The molecule has 0 bridgehead atoms. The van der Waals surface area contributed by atoms with E-state index in [9.17, 15) is 0 Å². The van der Waals surface area contributed by atoms with E-state index in [1.807, 2.05) is 6.07 Å². The molecule has 3 nitrogen and oxygen atoms in total. The molecule has 0 amide bonds. The highest BCUT2D eigenvalue weighted by Gasteiger charge is 1.98. The van der Waals surface area contributed by atoms with Gasteiger partial charge in [-0.15, -0.1) is 0 Å². The van der Waals surface area contributed by atoms with Gasteiger partial charge < -0.3 is 10.3 Å². The van der Waals surface area contributed by atoms with Crippen LogP contribution in [0.15, 0.2) is 24.5 Å². The average molecular weight is 189 g/mol. The second-order valence-corrected chi connectivity index (χ2v) is 3.91. The van der Waals surface area contributed by atoms with Crippen LogP contribution in [0.1, 0.15) is 13.8 Å². The SMILES string of the molecule is CC(C)CNc1ccc2[nH]cnc2c1. The van der Waals surface area contributed by atoms with Gasteiger partial charge in [0, 0.05) is 12.2 Å². The summed E-state index contributed by atoms with van der Waals surface area (Å²) in [4.78, 5) is 7.28. The van der Waals surface area contributed by atoms with Crippen molar-refractivity contribution < 1.29 is 0 Å². The smallest absolute Gasteiger partial charge is 0.0931 e. The topological polar surface area (TPSA) is 40.7 Å². The number of hydrogen-bond acceptors (Lipinski definition) is 2. The van der Waals surface area contributed by atoms with Gasteiger partial charge in [0.15, 0.2) is 0 Å². The first-order chi connectivity index (χ1) is 6.75. The third-order valence-electron chi connectivity index (χ3n) is 2.14. The summed E-state index contributed by atoms with van der Waals surface area (Å²) in [6.07, 6.45) is 1.72. The highest BCUT2D eigenvalue weighted by Crippen LogP contribution is 2.15. The molecule has 2 N–H and O–H groups in total. The quantitative estimate of drug-likeness (QED) is 0.779. The fraction of sp³-hybridized carbons (Fsp3) is 0.364. The minimum absolute atomic E-state index is 0.657. The van der Waals surface area contributed by atoms with Gasteiger partial charge in [-0.3, -0.25) is 0 Å². The molecule has 0 aliphatic carbocycles. The summed E-state index contributed by atoms with van der Waals surface area (Å²) < 4.78 is 0. The molecule has 2 aromatic rings. The van der Waals surface area contributed by atoms with E-state index in [0.29, 0.717) is 5.92 Å².